The second-order valence-electron chi connectivity index (χ2n) is 6.20. The number of benzene rings is 1. The summed E-state index contributed by atoms with van der Waals surface area (Å²) in [6, 6.07) is 3.58. The maximum absolute atomic E-state index is 12.7. The smallest absolute Gasteiger partial charge is 0.255 e. The Kier molecular flexibility index (Phi) is 7.18. The lowest BCUT2D eigenvalue weighted by Gasteiger charge is -2.29. The van der Waals surface area contributed by atoms with Gasteiger partial charge in [0, 0.05) is 25.7 Å². The highest BCUT2D eigenvalue weighted by Crippen LogP contribution is 2.30. The Morgan fingerprint density at radius 1 is 1.38 bits per heavy atom. The Bertz CT molecular complexity index is 565. The molecule has 1 amide bonds. The first-order chi connectivity index (χ1) is 11.6. The number of likely N-dealkylation sites (N-methyl/N-ethyl adjacent to an activating group) is 1. The van der Waals surface area contributed by atoms with Crippen molar-refractivity contribution in [2.45, 2.75) is 38.6 Å². The van der Waals surface area contributed by atoms with Gasteiger partial charge in [-0.1, -0.05) is 31.4 Å². The van der Waals surface area contributed by atoms with Crippen LogP contribution in [0.15, 0.2) is 12.1 Å². The van der Waals surface area contributed by atoms with Gasteiger partial charge in [-0.25, -0.2) is 0 Å². The number of nitrogens with one attached hydrogen (secondary N) is 2. The maximum atomic E-state index is 12.7. The largest absolute Gasteiger partial charge is 0.496 e. The van der Waals surface area contributed by atoms with Crippen molar-refractivity contribution in [2.75, 3.05) is 39.1 Å². The summed E-state index contributed by atoms with van der Waals surface area (Å²) in [4.78, 5) is 15.2. The van der Waals surface area contributed by atoms with E-state index in [-0.39, 0.29) is 11.9 Å². The van der Waals surface area contributed by atoms with Crippen LogP contribution in [0.4, 0.5) is 5.69 Å². The molecule has 1 aromatic carbocycles. The molecule has 2 N–H and O–H groups in total. The van der Waals surface area contributed by atoms with Gasteiger partial charge >= 0.3 is 0 Å². The van der Waals surface area contributed by atoms with Crippen molar-refractivity contribution in [1.82, 2.24) is 10.2 Å². The van der Waals surface area contributed by atoms with Crippen molar-refractivity contribution >= 4 is 23.2 Å². The van der Waals surface area contributed by atoms with Gasteiger partial charge in [0.15, 0.2) is 0 Å². The van der Waals surface area contributed by atoms with Crippen LogP contribution in [0.25, 0.3) is 0 Å². The molecule has 1 fully saturated rings. The molecule has 0 spiro atoms. The average molecular weight is 354 g/mol. The van der Waals surface area contributed by atoms with E-state index in [4.69, 9.17) is 16.3 Å². The molecule has 2 rings (SSSR count). The van der Waals surface area contributed by atoms with Crippen molar-refractivity contribution in [1.29, 1.82) is 0 Å². The van der Waals surface area contributed by atoms with E-state index in [1.807, 2.05) is 0 Å². The lowest BCUT2D eigenvalue weighted by molar-refractivity contribution is 0.0914. The fourth-order valence-corrected chi connectivity index (χ4v) is 3.41. The van der Waals surface area contributed by atoms with Gasteiger partial charge in [0.1, 0.15) is 5.75 Å². The summed E-state index contributed by atoms with van der Waals surface area (Å²) in [6.45, 7) is 5.18. The predicted octanol–water partition coefficient (Wildman–Crippen LogP) is 3.38. The highest BCUT2D eigenvalue weighted by Gasteiger charge is 2.21. The molecule has 1 saturated heterocycles. The summed E-state index contributed by atoms with van der Waals surface area (Å²) in [5.74, 6) is 0.400. The molecule has 0 saturated carbocycles. The molecule has 0 aliphatic carbocycles. The van der Waals surface area contributed by atoms with Crippen molar-refractivity contribution in [3.05, 3.63) is 22.7 Å². The molecule has 134 valence electrons. The highest BCUT2D eigenvalue weighted by molar-refractivity contribution is 6.33. The third-order valence-electron chi connectivity index (χ3n) is 4.59. The molecule has 0 bridgehead atoms. The van der Waals surface area contributed by atoms with E-state index in [9.17, 15) is 4.79 Å². The number of anilines is 1. The number of ether oxygens (including phenoxy) is 1. The summed E-state index contributed by atoms with van der Waals surface area (Å²) >= 11 is 6.23. The van der Waals surface area contributed by atoms with E-state index in [1.165, 1.54) is 12.8 Å². The Morgan fingerprint density at radius 3 is 2.83 bits per heavy atom. The molecule has 1 atom stereocenters. The van der Waals surface area contributed by atoms with Crippen LogP contribution in [0.1, 0.15) is 43.0 Å². The number of rotatable bonds is 5. The van der Waals surface area contributed by atoms with E-state index in [2.05, 4.69) is 22.5 Å². The first-order valence-corrected chi connectivity index (χ1v) is 9.05. The van der Waals surface area contributed by atoms with Crippen molar-refractivity contribution in [3.8, 4) is 5.75 Å². The van der Waals surface area contributed by atoms with Crippen LogP contribution in [0.3, 0.4) is 0 Å². The first-order valence-electron chi connectivity index (χ1n) is 8.67. The van der Waals surface area contributed by atoms with Gasteiger partial charge in [0.2, 0.25) is 0 Å². The normalized spacial score (nSPS) is 19.2. The van der Waals surface area contributed by atoms with Gasteiger partial charge in [-0.15, -0.1) is 0 Å². The fourth-order valence-electron chi connectivity index (χ4n) is 3.16. The predicted molar refractivity (Wildman–Crippen MR) is 99.4 cm³/mol. The van der Waals surface area contributed by atoms with Gasteiger partial charge in [-0.2, -0.15) is 0 Å². The minimum atomic E-state index is -0.127. The molecule has 6 heteroatoms. The molecule has 1 aliphatic rings. The summed E-state index contributed by atoms with van der Waals surface area (Å²) < 4.78 is 5.37. The lowest BCUT2D eigenvalue weighted by Crippen LogP contribution is -2.45. The minimum absolute atomic E-state index is 0.127. The molecule has 1 aromatic rings. The number of hydrogen-bond donors (Lipinski definition) is 2. The summed E-state index contributed by atoms with van der Waals surface area (Å²) in [5.41, 5.74) is 1.22. The quantitative estimate of drug-likeness (QED) is 0.852. The number of halogens is 1. The van der Waals surface area contributed by atoms with Crippen LogP contribution < -0.4 is 15.4 Å². The van der Waals surface area contributed by atoms with Gasteiger partial charge in [0.25, 0.3) is 5.91 Å². The van der Waals surface area contributed by atoms with Gasteiger partial charge in [-0.05, 0) is 32.0 Å². The third-order valence-corrected chi connectivity index (χ3v) is 4.90. The number of methoxy groups -OCH3 is 1. The van der Waals surface area contributed by atoms with Crippen LogP contribution in [-0.4, -0.2) is 50.6 Å². The Morgan fingerprint density at radius 2 is 2.17 bits per heavy atom. The maximum Gasteiger partial charge on any atom is 0.255 e. The van der Waals surface area contributed by atoms with Crippen LogP contribution in [0.5, 0.6) is 5.75 Å². The van der Waals surface area contributed by atoms with Crippen LogP contribution >= 0.6 is 11.6 Å². The van der Waals surface area contributed by atoms with E-state index in [1.54, 1.807) is 26.3 Å². The molecule has 1 aliphatic heterocycles. The van der Waals surface area contributed by atoms with Crippen LogP contribution in [0.2, 0.25) is 5.02 Å². The van der Waals surface area contributed by atoms with E-state index >= 15 is 0 Å². The lowest BCUT2D eigenvalue weighted by atomic mass is 10.0. The zero-order valence-corrected chi connectivity index (χ0v) is 15.6. The Balaban J connectivity index is 2.14. The average Bonchev–Trinajstić information content (AvgIpc) is 2.56. The van der Waals surface area contributed by atoms with Crippen molar-refractivity contribution < 1.29 is 9.53 Å². The van der Waals surface area contributed by atoms with Gasteiger partial charge < -0.3 is 20.3 Å². The third kappa shape index (κ3) is 4.77. The molecule has 24 heavy (non-hydrogen) atoms. The Labute approximate surface area is 149 Å². The summed E-state index contributed by atoms with van der Waals surface area (Å²) in [5, 5.41) is 6.67. The van der Waals surface area contributed by atoms with Crippen LogP contribution in [-0.2, 0) is 0 Å². The van der Waals surface area contributed by atoms with E-state index in [0.29, 0.717) is 16.3 Å². The zero-order chi connectivity index (χ0) is 17.5. The topological polar surface area (TPSA) is 53.6 Å². The highest BCUT2D eigenvalue weighted by atomic mass is 35.5. The first kappa shape index (κ1) is 18.9. The molecule has 1 unspecified atom stereocenters. The fraction of sp³-hybridized carbons (Fsp3) is 0.611. The molecule has 0 aromatic heterocycles. The monoisotopic (exact) mass is 353 g/mol. The molecule has 5 nitrogen and oxygen atoms in total. The Hall–Kier alpha value is -1.46. The molecular weight excluding hydrogens is 326 g/mol. The molecular formula is C18H28ClN3O2. The summed E-state index contributed by atoms with van der Waals surface area (Å²) in [6.07, 6.45) is 4.62. The number of nitrogens with zero attached hydrogens (tertiary/aromatic N) is 1. The van der Waals surface area contributed by atoms with E-state index < -0.39 is 0 Å². The summed E-state index contributed by atoms with van der Waals surface area (Å²) in [7, 11) is 3.35. The SMILES string of the molecule is CCN1CCCCCC(NC(=O)c2cc(Cl)c(NC)cc2OC)C1. The van der Waals surface area contributed by atoms with Crippen molar-refractivity contribution in [3.63, 3.8) is 0 Å². The molecule has 0 radical (unpaired) electrons. The molecule has 1 heterocycles. The number of hydrogen-bond acceptors (Lipinski definition) is 4. The number of amides is 1. The second kappa shape index (κ2) is 9.14. The van der Waals surface area contributed by atoms with Crippen molar-refractivity contribution in [2.24, 2.45) is 0 Å². The van der Waals surface area contributed by atoms with Crippen LogP contribution in [0, 0.1) is 0 Å². The number of carbonyl (C=O) groups is 1. The number of likely N-dealkylation sites (tertiary alicyclic amines) is 1. The standard InChI is InChI=1S/C18H28ClN3O2/c1-4-22-9-7-5-6-8-13(12-22)21-18(23)14-10-15(19)16(20-2)11-17(14)24-3/h10-11,13,20H,4-9,12H2,1-3H3,(H,21,23). The van der Waals surface area contributed by atoms with Gasteiger partial charge in [0.05, 0.1) is 23.4 Å². The number of carbonyl (C=O) groups excluding carboxylic acids is 1. The van der Waals surface area contributed by atoms with Gasteiger partial charge in [-0.3, -0.25) is 4.79 Å². The van der Waals surface area contributed by atoms with E-state index in [0.717, 1.165) is 38.2 Å². The second-order valence-corrected chi connectivity index (χ2v) is 6.60. The zero-order valence-electron chi connectivity index (χ0n) is 14.8. The minimum Gasteiger partial charge on any atom is -0.496 e.